The maximum absolute atomic E-state index is 13.1. The van der Waals surface area contributed by atoms with Crippen LogP contribution in [0.5, 0.6) is 5.75 Å². The average molecular weight is 362 g/mol. The molecule has 0 saturated heterocycles. The Bertz CT molecular complexity index is 973. The van der Waals surface area contributed by atoms with Gasteiger partial charge in [0.05, 0.1) is 18.6 Å². The molecule has 1 heterocycles. The normalized spacial score (nSPS) is 11.4. The Kier molecular flexibility index (Phi) is 4.37. The van der Waals surface area contributed by atoms with Crippen LogP contribution in [0.4, 0.5) is 24.7 Å². The molecule has 0 radical (unpaired) electrons. The van der Waals surface area contributed by atoms with Crippen molar-refractivity contribution < 1.29 is 27.8 Å². The van der Waals surface area contributed by atoms with Crippen LogP contribution in [0.2, 0.25) is 0 Å². The maximum atomic E-state index is 13.1. The topological polar surface area (TPSA) is 87.2 Å². The zero-order valence-electron chi connectivity index (χ0n) is 13.3. The van der Waals surface area contributed by atoms with Gasteiger partial charge in [0.1, 0.15) is 11.6 Å². The Labute approximate surface area is 145 Å². The molecular weight excluding hydrogens is 351 g/mol. The van der Waals surface area contributed by atoms with Crippen LogP contribution in [0, 0.1) is 0 Å². The molecular formula is C17H11F3N3O3-. The minimum atomic E-state index is -4.73. The van der Waals surface area contributed by atoms with E-state index in [0.29, 0.717) is 16.8 Å². The number of alkyl halides is 3. The van der Waals surface area contributed by atoms with E-state index in [1.165, 1.54) is 43.5 Å². The van der Waals surface area contributed by atoms with E-state index in [1.807, 2.05) is 0 Å². The number of hydrogen-bond acceptors (Lipinski definition) is 6. The van der Waals surface area contributed by atoms with Crippen molar-refractivity contribution in [3.05, 3.63) is 53.9 Å². The van der Waals surface area contributed by atoms with Gasteiger partial charge in [-0.25, -0.2) is 9.97 Å². The van der Waals surface area contributed by atoms with Crippen molar-refractivity contribution in [3.63, 3.8) is 0 Å². The van der Waals surface area contributed by atoms with E-state index in [-0.39, 0.29) is 16.9 Å². The summed E-state index contributed by atoms with van der Waals surface area (Å²) in [6.45, 7) is 0. The van der Waals surface area contributed by atoms with E-state index >= 15 is 0 Å². The van der Waals surface area contributed by atoms with Gasteiger partial charge in [-0.05, 0) is 29.8 Å². The monoisotopic (exact) mass is 362 g/mol. The standard InChI is InChI=1S/C17H12F3N3O3/c1-26-11-6-7-12-13(8-11)22-16(17(18,19)20)23-14(12)21-10-4-2-9(3-5-10)15(24)25/h2-8H,1H3,(H,24,25)(H,21,22,23)/p-1. The number of fused-ring (bicyclic) bond motifs is 1. The number of hydrogen-bond donors (Lipinski definition) is 1. The smallest absolute Gasteiger partial charge is 0.451 e. The van der Waals surface area contributed by atoms with E-state index in [9.17, 15) is 23.1 Å². The van der Waals surface area contributed by atoms with E-state index in [2.05, 4.69) is 15.3 Å². The van der Waals surface area contributed by atoms with Crippen molar-refractivity contribution in [2.24, 2.45) is 0 Å². The number of ether oxygens (including phenoxy) is 1. The van der Waals surface area contributed by atoms with Crippen LogP contribution in [0.25, 0.3) is 10.9 Å². The third-order valence-corrected chi connectivity index (χ3v) is 3.54. The Morgan fingerprint density at radius 3 is 2.38 bits per heavy atom. The van der Waals surface area contributed by atoms with Crippen LogP contribution < -0.4 is 15.2 Å². The molecule has 9 heteroatoms. The third kappa shape index (κ3) is 3.51. The van der Waals surface area contributed by atoms with E-state index < -0.39 is 18.0 Å². The fourth-order valence-electron chi connectivity index (χ4n) is 2.28. The van der Waals surface area contributed by atoms with Crippen molar-refractivity contribution in [1.82, 2.24) is 9.97 Å². The number of rotatable bonds is 4. The molecule has 0 amide bonds. The van der Waals surface area contributed by atoms with Gasteiger partial charge in [0.15, 0.2) is 0 Å². The van der Waals surface area contributed by atoms with Gasteiger partial charge in [0, 0.05) is 17.1 Å². The molecule has 1 aromatic heterocycles. The number of methoxy groups -OCH3 is 1. The number of aromatic nitrogens is 2. The van der Waals surface area contributed by atoms with Crippen molar-refractivity contribution >= 4 is 28.4 Å². The summed E-state index contributed by atoms with van der Waals surface area (Å²) in [6.07, 6.45) is -4.73. The van der Waals surface area contributed by atoms with Gasteiger partial charge < -0.3 is 20.0 Å². The molecule has 0 spiro atoms. The third-order valence-electron chi connectivity index (χ3n) is 3.54. The molecule has 1 N–H and O–H groups in total. The Morgan fingerprint density at radius 2 is 1.81 bits per heavy atom. The van der Waals surface area contributed by atoms with E-state index in [4.69, 9.17) is 4.74 Å². The summed E-state index contributed by atoms with van der Waals surface area (Å²) in [5.41, 5.74) is 0.364. The highest BCUT2D eigenvalue weighted by molar-refractivity contribution is 5.92. The van der Waals surface area contributed by atoms with E-state index in [1.54, 1.807) is 6.07 Å². The number of aromatic carboxylic acids is 1. The first-order valence-electron chi connectivity index (χ1n) is 7.29. The molecule has 0 atom stereocenters. The van der Waals surface area contributed by atoms with Crippen molar-refractivity contribution in [3.8, 4) is 5.75 Å². The van der Waals surface area contributed by atoms with Crippen LogP contribution in [-0.4, -0.2) is 23.0 Å². The molecule has 0 fully saturated rings. The van der Waals surface area contributed by atoms with Crippen LogP contribution in [0.3, 0.4) is 0 Å². The lowest BCUT2D eigenvalue weighted by Crippen LogP contribution is -2.21. The first kappa shape index (κ1) is 17.5. The summed E-state index contributed by atoms with van der Waals surface area (Å²) in [7, 11) is 1.39. The molecule has 3 aromatic rings. The van der Waals surface area contributed by atoms with Crippen molar-refractivity contribution in [2.75, 3.05) is 12.4 Å². The fourth-order valence-corrected chi connectivity index (χ4v) is 2.28. The summed E-state index contributed by atoms with van der Waals surface area (Å²) in [6, 6.07) is 9.82. The first-order chi connectivity index (χ1) is 12.3. The number of benzene rings is 2. The Hall–Kier alpha value is -3.36. The summed E-state index contributed by atoms with van der Waals surface area (Å²) in [4.78, 5) is 17.9. The van der Waals surface area contributed by atoms with Gasteiger partial charge in [-0.3, -0.25) is 0 Å². The Morgan fingerprint density at radius 1 is 1.12 bits per heavy atom. The molecule has 0 aliphatic heterocycles. The van der Waals surface area contributed by atoms with Gasteiger partial charge in [-0.1, -0.05) is 12.1 Å². The largest absolute Gasteiger partial charge is 0.545 e. The minimum Gasteiger partial charge on any atom is -0.545 e. The predicted octanol–water partition coefficient (Wildman–Crippen LogP) is 2.76. The first-order valence-corrected chi connectivity index (χ1v) is 7.29. The number of halogens is 3. The number of carbonyl (C=O) groups excluding carboxylic acids is 1. The van der Waals surface area contributed by atoms with Crippen LogP contribution in [0.15, 0.2) is 42.5 Å². The van der Waals surface area contributed by atoms with Crippen LogP contribution in [-0.2, 0) is 6.18 Å². The lowest BCUT2D eigenvalue weighted by molar-refractivity contribution is -0.255. The SMILES string of the molecule is COc1ccc2c(Nc3ccc(C(=O)[O-])cc3)nc(C(F)(F)F)nc2c1. The zero-order valence-corrected chi connectivity index (χ0v) is 13.3. The van der Waals surface area contributed by atoms with Gasteiger partial charge in [0.25, 0.3) is 0 Å². The highest BCUT2D eigenvalue weighted by atomic mass is 19.4. The molecule has 3 rings (SSSR count). The molecule has 2 aromatic carbocycles. The summed E-state index contributed by atoms with van der Waals surface area (Å²) < 4.78 is 44.3. The minimum absolute atomic E-state index is 0.0520. The molecule has 0 saturated carbocycles. The van der Waals surface area contributed by atoms with Crippen LogP contribution in [0.1, 0.15) is 16.2 Å². The summed E-state index contributed by atoms with van der Waals surface area (Å²) in [5.74, 6) is -2.36. The second-order valence-corrected chi connectivity index (χ2v) is 5.27. The average Bonchev–Trinajstić information content (AvgIpc) is 2.60. The lowest BCUT2D eigenvalue weighted by Gasteiger charge is -2.13. The summed E-state index contributed by atoms with van der Waals surface area (Å²) >= 11 is 0. The second kappa shape index (κ2) is 6.51. The molecule has 0 aliphatic carbocycles. The highest BCUT2D eigenvalue weighted by Gasteiger charge is 2.35. The number of carboxylic acids is 1. The van der Waals surface area contributed by atoms with Crippen molar-refractivity contribution in [1.29, 1.82) is 0 Å². The quantitative estimate of drug-likeness (QED) is 0.768. The van der Waals surface area contributed by atoms with Gasteiger partial charge >= 0.3 is 6.18 Å². The van der Waals surface area contributed by atoms with Crippen LogP contribution >= 0.6 is 0 Å². The molecule has 6 nitrogen and oxygen atoms in total. The predicted molar refractivity (Wildman–Crippen MR) is 85.1 cm³/mol. The number of nitrogens with zero attached hydrogens (tertiary/aromatic N) is 2. The lowest BCUT2D eigenvalue weighted by atomic mass is 10.2. The Balaban J connectivity index is 2.09. The molecule has 0 aliphatic rings. The van der Waals surface area contributed by atoms with Gasteiger partial charge in [0.2, 0.25) is 5.82 Å². The zero-order chi connectivity index (χ0) is 18.9. The van der Waals surface area contributed by atoms with Gasteiger partial charge in [-0.15, -0.1) is 0 Å². The molecule has 0 unspecified atom stereocenters. The highest BCUT2D eigenvalue weighted by Crippen LogP contribution is 2.32. The second-order valence-electron chi connectivity index (χ2n) is 5.27. The molecule has 134 valence electrons. The number of carbonyl (C=O) groups is 1. The van der Waals surface area contributed by atoms with E-state index in [0.717, 1.165) is 0 Å². The molecule has 0 bridgehead atoms. The maximum Gasteiger partial charge on any atom is 0.451 e. The van der Waals surface area contributed by atoms with Gasteiger partial charge in [-0.2, -0.15) is 13.2 Å². The number of nitrogens with one attached hydrogen (secondary N) is 1. The molecule has 26 heavy (non-hydrogen) atoms. The number of carboxylic acid groups (broad SMARTS) is 1. The van der Waals surface area contributed by atoms with Crippen molar-refractivity contribution in [2.45, 2.75) is 6.18 Å². The number of anilines is 2. The summed E-state index contributed by atoms with van der Waals surface area (Å²) in [5, 5.41) is 13.9. The fraction of sp³-hybridized carbons (Fsp3) is 0.118.